The average Bonchev–Trinajstić information content (AvgIpc) is 2.39. The summed E-state index contributed by atoms with van der Waals surface area (Å²) in [6.45, 7) is 0. The Balaban J connectivity index is 2.95. The van der Waals surface area contributed by atoms with Gasteiger partial charge in [-0.1, -0.05) is 0 Å². The summed E-state index contributed by atoms with van der Waals surface area (Å²) in [5, 5.41) is 6.63. The first-order valence-electron chi connectivity index (χ1n) is 2.92. The summed E-state index contributed by atoms with van der Waals surface area (Å²) in [5.41, 5.74) is 0.752. The van der Waals surface area contributed by atoms with Crippen molar-refractivity contribution in [1.29, 1.82) is 0 Å². The van der Waals surface area contributed by atoms with Crippen molar-refractivity contribution in [1.82, 2.24) is 0 Å². The second-order valence-electron chi connectivity index (χ2n) is 1.80. The second-order valence-corrected chi connectivity index (χ2v) is 1.80. The topological polar surface area (TPSA) is 89.9 Å². The van der Waals surface area contributed by atoms with Crippen molar-refractivity contribution in [2.24, 2.45) is 21.9 Å². The van der Waals surface area contributed by atoms with Gasteiger partial charge in [-0.25, -0.2) is 0 Å². The van der Waals surface area contributed by atoms with Crippen LogP contribution in [0.2, 0.25) is 0 Å². The van der Waals surface area contributed by atoms with E-state index in [0.29, 0.717) is 5.76 Å². The molecule has 58 valence electrons. The van der Waals surface area contributed by atoms with Gasteiger partial charge in [-0.3, -0.25) is 0 Å². The molecule has 0 aliphatic carbocycles. The minimum Gasteiger partial charge on any atom is -0.463 e. The third kappa shape index (κ3) is 1.57. The standard InChI is InChI=1S/C6H8N4O/c7-9-3-5-1-2-11-6(5)4-10-8/h1-4H,7-8H2. The molecule has 0 atom stereocenters. The van der Waals surface area contributed by atoms with E-state index < -0.39 is 0 Å². The Hall–Kier alpha value is -1.78. The van der Waals surface area contributed by atoms with E-state index in [9.17, 15) is 0 Å². The van der Waals surface area contributed by atoms with Gasteiger partial charge >= 0.3 is 0 Å². The Bertz CT molecular complexity index is 249. The zero-order valence-electron chi connectivity index (χ0n) is 5.77. The van der Waals surface area contributed by atoms with Crippen LogP contribution < -0.4 is 11.7 Å². The summed E-state index contributed by atoms with van der Waals surface area (Å²) in [6.07, 6.45) is 4.35. The molecule has 0 saturated carbocycles. The van der Waals surface area contributed by atoms with Gasteiger partial charge in [0.05, 0.1) is 18.7 Å². The van der Waals surface area contributed by atoms with Gasteiger partial charge < -0.3 is 16.1 Å². The second kappa shape index (κ2) is 3.40. The Morgan fingerprint density at radius 1 is 1.27 bits per heavy atom. The van der Waals surface area contributed by atoms with E-state index in [0.717, 1.165) is 5.56 Å². The highest BCUT2D eigenvalue weighted by Crippen LogP contribution is 2.04. The first kappa shape index (κ1) is 7.33. The smallest absolute Gasteiger partial charge is 0.155 e. The van der Waals surface area contributed by atoms with Gasteiger partial charge in [-0.15, -0.1) is 0 Å². The van der Waals surface area contributed by atoms with Crippen LogP contribution in [0.1, 0.15) is 11.3 Å². The zero-order valence-corrected chi connectivity index (χ0v) is 5.77. The lowest BCUT2D eigenvalue weighted by Gasteiger charge is -1.85. The monoisotopic (exact) mass is 152 g/mol. The zero-order chi connectivity index (χ0) is 8.10. The average molecular weight is 152 g/mol. The summed E-state index contributed by atoms with van der Waals surface area (Å²) in [4.78, 5) is 0. The van der Waals surface area contributed by atoms with Crippen molar-refractivity contribution in [3.63, 3.8) is 0 Å². The van der Waals surface area contributed by atoms with Crippen molar-refractivity contribution < 1.29 is 4.42 Å². The number of hydrazone groups is 2. The predicted octanol–water partition coefficient (Wildman–Crippen LogP) is -0.135. The highest BCUT2D eigenvalue weighted by molar-refractivity contribution is 5.91. The molecular weight excluding hydrogens is 144 g/mol. The van der Waals surface area contributed by atoms with Crippen molar-refractivity contribution in [2.45, 2.75) is 0 Å². The van der Waals surface area contributed by atoms with Gasteiger partial charge in [0.25, 0.3) is 0 Å². The summed E-state index contributed by atoms with van der Waals surface area (Å²) in [6, 6.07) is 1.72. The first-order chi connectivity index (χ1) is 5.38. The van der Waals surface area contributed by atoms with Crippen LogP contribution in [-0.4, -0.2) is 12.4 Å². The van der Waals surface area contributed by atoms with Crippen LogP contribution in [0.25, 0.3) is 0 Å². The molecule has 0 unspecified atom stereocenters. The summed E-state index contributed by atoms with van der Waals surface area (Å²) in [7, 11) is 0. The Morgan fingerprint density at radius 2 is 2.00 bits per heavy atom. The molecule has 0 aliphatic heterocycles. The Labute approximate surface area is 63.4 Å². The fraction of sp³-hybridized carbons (Fsp3) is 0. The molecular formula is C6H8N4O. The molecule has 0 aliphatic rings. The maximum Gasteiger partial charge on any atom is 0.155 e. The first-order valence-corrected chi connectivity index (χ1v) is 2.92. The lowest BCUT2D eigenvalue weighted by Crippen LogP contribution is -1.91. The van der Waals surface area contributed by atoms with Crippen LogP contribution in [0, 0.1) is 0 Å². The number of furan rings is 1. The maximum atomic E-state index is 4.98. The van der Waals surface area contributed by atoms with Crippen molar-refractivity contribution >= 4 is 12.4 Å². The van der Waals surface area contributed by atoms with Gasteiger partial charge in [0.1, 0.15) is 0 Å². The van der Waals surface area contributed by atoms with Gasteiger partial charge in [-0.05, 0) is 6.07 Å². The molecule has 4 N–H and O–H groups in total. The molecule has 5 heteroatoms. The summed E-state index contributed by atoms with van der Waals surface area (Å²) >= 11 is 0. The summed E-state index contributed by atoms with van der Waals surface area (Å²) < 4.78 is 4.98. The Morgan fingerprint density at radius 3 is 2.64 bits per heavy atom. The van der Waals surface area contributed by atoms with E-state index in [1.807, 2.05) is 0 Å². The lowest BCUT2D eigenvalue weighted by atomic mass is 10.3. The third-order valence-electron chi connectivity index (χ3n) is 1.13. The number of nitrogens with zero attached hydrogens (tertiary/aromatic N) is 2. The largest absolute Gasteiger partial charge is 0.463 e. The molecule has 1 aromatic heterocycles. The van der Waals surface area contributed by atoms with E-state index >= 15 is 0 Å². The molecule has 0 fully saturated rings. The minimum absolute atomic E-state index is 0.543. The lowest BCUT2D eigenvalue weighted by molar-refractivity contribution is 0.559. The molecule has 1 rings (SSSR count). The highest BCUT2D eigenvalue weighted by Gasteiger charge is 1.99. The third-order valence-corrected chi connectivity index (χ3v) is 1.13. The van der Waals surface area contributed by atoms with Crippen molar-refractivity contribution in [2.75, 3.05) is 0 Å². The van der Waals surface area contributed by atoms with E-state index in [-0.39, 0.29) is 0 Å². The molecule has 0 amide bonds. The van der Waals surface area contributed by atoms with Crippen LogP contribution in [-0.2, 0) is 0 Å². The number of hydrogen-bond donors (Lipinski definition) is 2. The molecule has 0 radical (unpaired) electrons. The summed E-state index contributed by atoms with van der Waals surface area (Å²) in [5.74, 6) is 10.4. The molecule has 5 nitrogen and oxygen atoms in total. The predicted molar refractivity (Wildman–Crippen MR) is 42.3 cm³/mol. The van der Waals surface area contributed by atoms with Crippen LogP contribution in [0.3, 0.4) is 0 Å². The minimum atomic E-state index is 0.543. The quantitative estimate of drug-likeness (QED) is 0.351. The van der Waals surface area contributed by atoms with Gasteiger partial charge in [0.2, 0.25) is 0 Å². The molecule has 0 bridgehead atoms. The fourth-order valence-corrected chi connectivity index (χ4v) is 0.690. The van der Waals surface area contributed by atoms with Crippen molar-refractivity contribution in [3.8, 4) is 0 Å². The molecule has 1 heterocycles. The molecule has 0 spiro atoms. The normalized spacial score (nSPS) is 11.6. The van der Waals surface area contributed by atoms with Crippen LogP contribution in [0.15, 0.2) is 26.9 Å². The number of nitrogens with two attached hydrogens (primary N) is 2. The molecule has 11 heavy (non-hydrogen) atoms. The number of hydrogen-bond acceptors (Lipinski definition) is 5. The Kier molecular flexibility index (Phi) is 2.27. The van der Waals surface area contributed by atoms with Crippen LogP contribution >= 0.6 is 0 Å². The van der Waals surface area contributed by atoms with Gasteiger partial charge in [0.15, 0.2) is 5.76 Å². The molecule has 0 aromatic carbocycles. The molecule has 0 saturated heterocycles. The van der Waals surface area contributed by atoms with E-state index in [4.69, 9.17) is 16.1 Å². The molecule has 1 aromatic rings. The van der Waals surface area contributed by atoms with E-state index in [1.54, 1.807) is 6.07 Å². The highest BCUT2D eigenvalue weighted by atomic mass is 16.3. The van der Waals surface area contributed by atoms with Crippen molar-refractivity contribution in [3.05, 3.63) is 23.7 Å². The van der Waals surface area contributed by atoms with E-state index in [1.165, 1.54) is 18.7 Å². The van der Waals surface area contributed by atoms with Crippen LogP contribution in [0.5, 0.6) is 0 Å². The maximum absolute atomic E-state index is 4.98. The van der Waals surface area contributed by atoms with Gasteiger partial charge in [-0.2, -0.15) is 10.2 Å². The van der Waals surface area contributed by atoms with E-state index in [2.05, 4.69) is 10.2 Å². The SMILES string of the molecule is NN=Cc1ccoc1C=NN. The number of rotatable bonds is 2. The van der Waals surface area contributed by atoms with Crippen LogP contribution in [0.4, 0.5) is 0 Å². The van der Waals surface area contributed by atoms with Gasteiger partial charge in [0, 0.05) is 5.56 Å². The fourth-order valence-electron chi connectivity index (χ4n) is 0.690.